The highest BCUT2D eigenvalue weighted by atomic mass is 35.5. The molecule has 0 radical (unpaired) electrons. The van der Waals surface area contributed by atoms with E-state index in [0.717, 1.165) is 12.1 Å². The van der Waals surface area contributed by atoms with Gasteiger partial charge < -0.3 is 14.8 Å². The monoisotopic (exact) mass is 524 g/mol. The first kappa shape index (κ1) is 29.1. The zero-order chi connectivity index (χ0) is 22.6. The number of nitrogens with zero attached hydrogens (tertiary/aromatic N) is 1. The lowest BCUT2D eigenvalue weighted by atomic mass is 9.96. The molecular weight excluding hydrogens is 504 g/mol. The standard InChI is InChI=1S/C20H19F7N2O2.2ClH/c21-18(22)19(23,24)30-15-5-1-13(2-6-15)17(29-11-9-28-10-12-29)14-3-7-16(8-4-14)31-20(25,26)27;;/h1-8,17-18,28H,9-12H2;2*1H/t17-;;/m0../s1. The Labute approximate surface area is 197 Å². The average molecular weight is 525 g/mol. The number of rotatable bonds is 7. The highest BCUT2D eigenvalue weighted by Crippen LogP contribution is 2.34. The molecule has 0 amide bonds. The number of nitrogens with one attached hydrogen (secondary N) is 1. The molecule has 3 rings (SSSR count). The van der Waals surface area contributed by atoms with Gasteiger partial charge >= 0.3 is 18.9 Å². The van der Waals surface area contributed by atoms with Crippen LogP contribution in [0, 0.1) is 0 Å². The van der Waals surface area contributed by atoms with E-state index in [4.69, 9.17) is 0 Å². The molecule has 33 heavy (non-hydrogen) atoms. The van der Waals surface area contributed by atoms with Crippen molar-refractivity contribution in [2.24, 2.45) is 0 Å². The fraction of sp³-hybridized carbons (Fsp3) is 0.400. The van der Waals surface area contributed by atoms with Gasteiger partial charge in [0.05, 0.1) is 6.04 Å². The minimum Gasteiger partial charge on any atom is -0.428 e. The van der Waals surface area contributed by atoms with Crippen LogP contribution in [0.3, 0.4) is 0 Å². The van der Waals surface area contributed by atoms with Gasteiger partial charge in [-0.1, -0.05) is 24.3 Å². The van der Waals surface area contributed by atoms with Crippen molar-refractivity contribution in [3.63, 3.8) is 0 Å². The normalized spacial score (nSPS) is 15.9. The van der Waals surface area contributed by atoms with Gasteiger partial charge in [0.2, 0.25) is 0 Å². The summed E-state index contributed by atoms with van der Waals surface area (Å²) in [4.78, 5) is 2.07. The Hall–Kier alpha value is -1.95. The van der Waals surface area contributed by atoms with Crippen molar-refractivity contribution in [1.29, 1.82) is 0 Å². The van der Waals surface area contributed by atoms with Gasteiger partial charge in [-0.05, 0) is 35.4 Å². The summed E-state index contributed by atoms with van der Waals surface area (Å²) in [6, 6.07) is 10.2. The molecule has 2 aromatic carbocycles. The summed E-state index contributed by atoms with van der Waals surface area (Å²) in [7, 11) is 0. The van der Waals surface area contributed by atoms with E-state index in [0.29, 0.717) is 37.3 Å². The summed E-state index contributed by atoms with van der Waals surface area (Å²) in [5.74, 6) is -0.796. The molecule has 1 N–H and O–H groups in total. The van der Waals surface area contributed by atoms with E-state index < -0.39 is 30.7 Å². The number of ether oxygens (including phenoxy) is 2. The lowest BCUT2D eigenvalue weighted by molar-refractivity contribution is -0.274. The smallest absolute Gasteiger partial charge is 0.428 e. The molecule has 1 aliphatic heterocycles. The van der Waals surface area contributed by atoms with Crippen LogP contribution < -0.4 is 14.8 Å². The van der Waals surface area contributed by atoms with Gasteiger partial charge in [-0.3, -0.25) is 4.90 Å². The van der Waals surface area contributed by atoms with Gasteiger partial charge in [-0.15, -0.1) is 38.0 Å². The summed E-state index contributed by atoms with van der Waals surface area (Å²) < 4.78 is 96.1. The third-order valence-electron chi connectivity index (χ3n) is 4.65. The Balaban J connectivity index is 0.00000272. The van der Waals surface area contributed by atoms with Crippen LogP contribution in [0.5, 0.6) is 11.5 Å². The lowest BCUT2D eigenvalue weighted by Crippen LogP contribution is -2.45. The zero-order valence-electron chi connectivity index (χ0n) is 16.8. The molecule has 0 unspecified atom stereocenters. The maximum absolute atomic E-state index is 13.1. The number of hydrogen-bond acceptors (Lipinski definition) is 4. The van der Waals surface area contributed by atoms with Gasteiger partial charge in [0.25, 0.3) is 0 Å². The molecule has 4 nitrogen and oxygen atoms in total. The molecule has 0 aromatic heterocycles. The number of piperazine rings is 1. The van der Waals surface area contributed by atoms with Crippen molar-refractivity contribution in [2.75, 3.05) is 26.2 Å². The first-order valence-corrected chi connectivity index (χ1v) is 9.30. The minimum atomic E-state index is -4.81. The maximum Gasteiger partial charge on any atom is 0.573 e. The Bertz CT molecular complexity index is 847. The molecule has 0 spiro atoms. The highest BCUT2D eigenvalue weighted by Gasteiger charge is 2.44. The topological polar surface area (TPSA) is 33.7 Å². The molecule has 0 saturated carbocycles. The molecular formula is C20H21Cl2F7N2O2. The van der Waals surface area contributed by atoms with Crippen molar-refractivity contribution in [3.8, 4) is 11.5 Å². The predicted octanol–water partition coefficient (Wildman–Crippen LogP) is 5.66. The van der Waals surface area contributed by atoms with Crippen LogP contribution in [0.25, 0.3) is 0 Å². The van der Waals surface area contributed by atoms with Crippen molar-refractivity contribution < 1.29 is 40.2 Å². The van der Waals surface area contributed by atoms with Crippen molar-refractivity contribution in [2.45, 2.75) is 24.9 Å². The second-order valence-corrected chi connectivity index (χ2v) is 6.84. The van der Waals surface area contributed by atoms with E-state index in [1.54, 1.807) is 0 Å². The third kappa shape index (κ3) is 8.09. The van der Waals surface area contributed by atoms with E-state index >= 15 is 0 Å². The third-order valence-corrected chi connectivity index (χ3v) is 4.65. The summed E-state index contributed by atoms with van der Waals surface area (Å²) in [6.45, 7) is 2.64. The molecule has 0 aliphatic carbocycles. The Morgan fingerprint density at radius 3 is 1.55 bits per heavy atom. The Morgan fingerprint density at radius 1 is 0.727 bits per heavy atom. The summed E-state index contributed by atoms with van der Waals surface area (Å²) in [6.07, 6.45) is -13.4. The molecule has 1 saturated heterocycles. The van der Waals surface area contributed by atoms with Crippen LogP contribution in [0.4, 0.5) is 30.7 Å². The number of halogens is 9. The number of benzene rings is 2. The van der Waals surface area contributed by atoms with Crippen molar-refractivity contribution in [1.82, 2.24) is 10.2 Å². The molecule has 0 bridgehead atoms. The fourth-order valence-corrected chi connectivity index (χ4v) is 3.33. The first-order valence-electron chi connectivity index (χ1n) is 9.30. The molecule has 186 valence electrons. The SMILES string of the molecule is Cl.Cl.FC(F)C(F)(F)Oc1ccc([C@@H](c2ccc(OC(F)(F)F)cc2)N2CCNCC2)cc1. The Kier molecular flexibility index (Phi) is 10.5. The highest BCUT2D eigenvalue weighted by molar-refractivity contribution is 5.85. The maximum atomic E-state index is 13.1. The Morgan fingerprint density at radius 2 is 1.15 bits per heavy atom. The van der Waals surface area contributed by atoms with Crippen LogP contribution in [-0.4, -0.2) is 50.0 Å². The fourth-order valence-electron chi connectivity index (χ4n) is 3.33. The molecule has 13 heteroatoms. The van der Waals surface area contributed by atoms with Gasteiger partial charge in [-0.2, -0.15) is 17.6 Å². The van der Waals surface area contributed by atoms with Crippen LogP contribution >= 0.6 is 24.8 Å². The largest absolute Gasteiger partial charge is 0.573 e. The van der Waals surface area contributed by atoms with Crippen LogP contribution in [0.15, 0.2) is 48.5 Å². The summed E-state index contributed by atoms with van der Waals surface area (Å²) in [5.41, 5.74) is 1.29. The van der Waals surface area contributed by atoms with E-state index in [2.05, 4.69) is 19.7 Å². The summed E-state index contributed by atoms with van der Waals surface area (Å²) in [5, 5.41) is 3.19. The van der Waals surface area contributed by atoms with Crippen LogP contribution in [0.1, 0.15) is 17.2 Å². The molecule has 2 aromatic rings. The van der Waals surface area contributed by atoms with Crippen molar-refractivity contribution >= 4 is 24.8 Å². The molecule has 1 fully saturated rings. The lowest BCUT2D eigenvalue weighted by Gasteiger charge is -2.35. The van der Waals surface area contributed by atoms with Crippen LogP contribution in [-0.2, 0) is 0 Å². The quantitative estimate of drug-likeness (QED) is 0.474. The number of hydrogen-bond donors (Lipinski definition) is 1. The second-order valence-electron chi connectivity index (χ2n) is 6.84. The van der Waals surface area contributed by atoms with E-state index in [1.807, 2.05) is 0 Å². The van der Waals surface area contributed by atoms with Crippen LogP contribution in [0.2, 0.25) is 0 Å². The van der Waals surface area contributed by atoms with E-state index in [1.165, 1.54) is 36.4 Å². The van der Waals surface area contributed by atoms with E-state index in [-0.39, 0.29) is 30.6 Å². The van der Waals surface area contributed by atoms with Gasteiger partial charge in [0, 0.05) is 26.2 Å². The molecule has 1 aliphatic rings. The average Bonchev–Trinajstić information content (AvgIpc) is 2.70. The first-order chi connectivity index (χ1) is 14.5. The zero-order valence-corrected chi connectivity index (χ0v) is 18.5. The van der Waals surface area contributed by atoms with Gasteiger partial charge in [0.15, 0.2) is 0 Å². The minimum absolute atomic E-state index is 0. The second kappa shape index (κ2) is 12.0. The predicted molar refractivity (Wildman–Crippen MR) is 112 cm³/mol. The van der Waals surface area contributed by atoms with Gasteiger partial charge in [0.1, 0.15) is 11.5 Å². The van der Waals surface area contributed by atoms with Crippen molar-refractivity contribution in [3.05, 3.63) is 59.7 Å². The summed E-state index contributed by atoms with van der Waals surface area (Å²) >= 11 is 0. The molecule has 1 heterocycles. The molecule has 1 atom stereocenters. The van der Waals surface area contributed by atoms with Gasteiger partial charge in [-0.25, -0.2) is 0 Å². The van der Waals surface area contributed by atoms with E-state index in [9.17, 15) is 30.7 Å². The number of alkyl halides is 7.